The number of carbonyl (C=O) groups is 1. The second-order valence-electron chi connectivity index (χ2n) is 6.01. The molecular weight excluding hydrogens is 416 g/mol. The van der Waals surface area contributed by atoms with Gasteiger partial charge in [0.1, 0.15) is 0 Å². The van der Waals surface area contributed by atoms with Gasteiger partial charge in [0.05, 0.1) is 6.61 Å². The van der Waals surface area contributed by atoms with E-state index >= 15 is 0 Å². The summed E-state index contributed by atoms with van der Waals surface area (Å²) in [5.41, 5.74) is 3.06. The molecular formula is C21H18BrClO3. The van der Waals surface area contributed by atoms with Gasteiger partial charge in [-0.05, 0) is 65.6 Å². The number of benzene rings is 3. The molecule has 3 nitrogen and oxygen atoms in total. The number of aryl methyl sites for hydroxylation is 1. The van der Waals surface area contributed by atoms with Gasteiger partial charge in [0.15, 0.2) is 6.10 Å². The van der Waals surface area contributed by atoms with E-state index in [9.17, 15) is 9.90 Å². The van der Waals surface area contributed by atoms with E-state index in [0.29, 0.717) is 10.6 Å². The first-order chi connectivity index (χ1) is 12.4. The van der Waals surface area contributed by atoms with Gasteiger partial charge in [-0.3, -0.25) is 0 Å². The Kier molecular flexibility index (Phi) is 5.66. The van der Waals surface area contributed by atoms with Crippen LogP contribution in [0.15, 0.2) is 53.0 Å². The molecule has 0 amide bonds. The van der Waals surface area contributed by atoms with Gasteiger partial charge >= 0.3 is 5.97 Å². The van der Waals surface area contributed by atoms with Crippen molar-refractivity contribution in [3.63, 3.8) is 0 Å². The van der Waals surface area contributed by atoms with Gasteiger partial charge in [-0.25, -0.2) is 4.79 Å². The number of rotatable bonds is 4. The van der Waals surface area contributed by atoms with Crippen molar-refractivity contribution < 1.29 is 14.6 Å². The van der Waals surface area contributed by atoms with Gasteiger partial charge in [-0.1, -0.05) is 51.8 Å². The van der Waals surface area contributed by atoms with Gasteiger partial charge in [0, 0.05) is 15.1 Å². The van der Waals surface area contributed by atoms with Gasteiger partial charge in [-0.15, -0.1) is 0 Å². The highest BCUT2D eigenvalue weighted by Crippen LogP contribution is 2.39. The summed E-state index contributed by atoms with van der Waals surface area (Å²) in [5, 5.41) is 13.3. The summed E-state index contributed by atoms with van der Waals surface area (Å²) in [5.74, 6) is -0.653. The fourth-order valence-corrected chi connectivity index (χ4v) is 3.63. The number of aliphatic hydroxyl groups is 1. The summed E-state index contributed by atoms with van der Waals surface area (Å²) < 4.78 is 5.96. The van der Waals surface area contributed by atoms with E-state index in [1.54, 1.807) is 19.1 Å². The van der Waals surface area contributed by atoms with Gasteiger partial charge in [0.2, 0.25) is 0 Å². The number of hydrogen-bond acceptors (Lipinski definition) is 3. The Balaban J connectivity index is 2.35. The van der Waals surface area contributed by atoms with Crippen molar-refractivity contribution in [3.8, 4) is 11.1 Å². The molecule has 0 unspecified atom stereocenters. The normalized spacial score (nSPS) is 12.2. The van der Waals surface area contributed by atoms with Crippen molar-refractivity contribution in [2.75, 3.05) is 6.61 Å². The van der Waals surface area contributed by atoms with Crippen molar-refractivity contribution in [2.45, 2.75) is 20.0 Å². The molecule has 134 valence electrons. The third-order valence-corrected chi connectivity index (χ3v) is 5.01. The molecule has 0 saturated heterocycles. The summed E-state index contributed by atoms with van der Waals surface area (Å²) in [6.07, 6.45) is -1.36. The van der Waals surface area contributed by atoms with Crippen LogP contribution in [0.2, 0.25) is 5.02 Å². The monoisotopic (exact) mass is 432 g/mol. The summed E-state index contributed by atoms with van der Waals surface area (Å²) in [6, 6.07) is 15.3. The number of esters is 1. The Morgan fingerprint density at radius 2 is 1.88 bits per heavy atom. The number of carbonyl (C=O) groups excluding carboxylic acids is 1. The van der Waals surface area contributed by atoms with Crippen LogP contribution in [0.25, 0.3) is 21.9 Å². The molecule has 1 N–H and O–H groups in total. The molecule has 1 atom stereocenters. The largest absolute Gasteiger partial charge is 0.464 e. The zero-order valence-electron chi connectivity index (χ0n) is 14.4. The molecule has 3 rings (SSSR count). The van der Waals surface area contributed by atoms with Crippen molar-refractivity contribution in [2.24, 2.45) is 0 Å². The zero-order chi connectivity index (χ0) is 18.8. The SMILES string of the molecule is CCOC(=O)[C@H](O)c1c(C)cc2ccc(Br)cc2c1-c1ccc(Cl)cc1. The van der Waals surface area contributed by atoms with Gasteiger partial charge in [0.25, 0.3) is 0 Å². The minimum absolute atomic E-state index is 0.213. The van der Waals surface area contributed by atoms with Crippen LogP contribution in [0.3, 0.4) is 0 Å². The lowest BCUT2D eigenvalue weighted by molar-refractivity contribution is -0.153. The molecule has 0 spiro atoms. The average molecular weight is 434 g/mol. The summed E-state index contributed by atoms with van der Waals surface area (Å²) in [6.45, 7) is 3.82. The molecule has 0 aromatic heterocycles. The lowest BCUT2D eigenvalue weighted by Gasteiger charge is -2.20. The summed E-state index contributed by atoms with van der Waals surface area (Å²) in [4.78, 5) is 12.2. The first-order valence-corrected chi connectivity index (χ1v) is 9.43. The molecule has 0 heterocycles. The zero-order valence-corrected chi connectivity index (χ0v) is 16.8. The predicted octanol–water partition coefficient (Wildman–Crippen LogP) is 5.83. The summed E-state index contributed by atoms with van der Waals surface area (Å²) >= 11 is 9.55. The van der Waals surface area contributed by atoms with Crippen molar-refractivity contribution in [1.29, 1.82) is 0 Å². The maximum atomic E-state index is 12.2. The van der Waals surface area contributed by atoms with E-state index in [2.05, 4.69) is 15.9 Å². The summed E-state index contributed by atoms with van der Waals surface area (Å²) in [7, 11) is 0. The lowest BCUT2D eigenvalue weighted by atomic mass is 9.87. The molecule has 0 radical (unpaired) electrons. The van der Waals surface area contributed by atoms with Gasteiger partial charge < -0.3 is 9.84 Å². The van der Waals surface area contributed by atoms with Crippen LogP contribution in [0.1, 0.15) is 24.2 Å². The first-order valence-electron chi connectivity index (χ1n) is 8.25. The highest BCUT2D eigenvalue weighted by atomic mass is 79.9. The first kappa shape index (κ1) is 18.9. The molecule has 26 heavy (non-hydrogen) atoms. The maximum Gasteiger partial charge on any atom is 0.339 e. The maximum absolute atomic E-state index is 12.2. The van der Waals surface area contributed by atoms with E-state index < -0.39 is 12.1 Å². The number of ether oxygens (including phenoxy) is 1. The standard InChI is InChI=1S/C21H18BrClO3/c1-3-26-21(25)20(24)18-12(2)10-14-4-7-15(22)11-17(14)19(18)13-5-8-16(23)9-6-13/h4-11,20,24H,3H2,1-2H3/t20-/m1/s1. The third-order valence-electron chi connectivity index (χ3n) is 4.27. The molecule has 0 saturated carbocycles. The highest BCUT2D eigenvalue weighted by molar-refractivity contribution is 9.10. The fourth-order valence-electron chi connectivity index (χ4n) is 3.14. The van der Waals surface area contributed by atoms with E-state index in [1.807, 2.05) is 43.3 Å². The third kappa shape index (κ3) is 3.63. The molecule has 3 aromatic rings. The lowest BCUT2D eigenvalue weighted by Crippen LogP contribution is -2.17. The van der Waals surface area contributed by atoms with Crippen LogP contribution in [0.5, 0.6) is 0 Å². The predicted molar refractivity (Wildman–Crippen MR) is 108 cm³/mol. The Bertz CT molecular complexity index is 967. The topological polar surface area (TPSA) is 46.5 Å². The molecule has 0 aliphatic rings. The van der Waals surface area contributed by atoms with Crippen molar-refractivity contribution >= 4 is 44.3 Å². The van der Waals surface area contributed by atoms with Crippen LogP contribution in [-0.4, -0.2) is 17.7 Å². The average Bonchev–Trinajstić information content (AvgIpc) is 2.61. The van der Waals surface area contributed by atoms with E-state index in [-0.39, 0.29) is 6.61 Å². The van der Waals surface area contributed by atoms with Crippen LogP contribution >= 0.6 is 27.5 Å². The number of aliphatic hydroxyl groups excluding tert-OH is 1. The fraction of sp³-hybridized carbons (Fsp3) is 0.190. The highest BCUT2D eigenvalue weighted by Gasteiger charge is 2.26. The smallest absolute Gasteiger partial charge is 0.339 e. The Morgan fingerprint density at radius 3 is 2.54 bits per heavy atom. The quantitative estimate of drug-likeness (QED) is 0.527. The number of hydrogen-bond donors (Lipinski definition) is 1. The number of halogens is 2. The van der Waals surface area contributed by atoms with Crippen LogP contribution < -0.4 is 0 Å². The molecule has 0 bridgehead atoms. The molecule has 0 aliphatic carbocycles. The Morgan fingerprint density at radius 1 is 1.19 bits per heavy atom. The van der Waals surface area contributed by atoms with E-state index in [1.165, 1.54) is 0 Å². The van der Waals surface area contributed by atoms with Crippen molar-refractivity contribution in [1.82, 2.24) is 0 Å². The number of fused-ring (bicyclic) bond motifs is 1. The minimum Gasteiger partial charge on any atom is -0.464 e. The van der Waals surface area contributed by atoms with Crippen molar-refractivity contribution in [3.05, 3.63) is 69.2 Å². The Labute approximate surface area is 165 Å². The van der Waals surface area contributed by atoms with Crippen LogP contribution in [0, 0.1) is 6.92 Å². The minimum atomic E-state index is -1.36. The van der Waals surface area contributed by atoms with E-state index in [0.717, 1.165) is 31.9 Å². The van der Waals surface area contributed by atoms with E-state index in [4.69, 9.17) is 16.3 Å². The molecule has 3 aromatic carbocycles. The molecule has 0 fully saturated rings. The Hall–Kier alpha value is -1.88. The van der Waals surface area contributed by atoms with Gasteiger partial charge in [-0.2, -0.15) is 0 Å². The van der Waals surface area contributed by atoms with Crippen LogP contribution in [-0.2, 0) is 9.53 Å². The molecule has 5 heteroatoms. The van der Waals surface area contributed by atoms with Crippen LogP contribution in [0.4, 0.5) is 0 Å². The second-order valence-corrected chi connectivity index (χ2v) is 7.36. The second kappa shape index (κ2) is 7.78. The molecule has 0 aliphatic heterocycles.